The molecule has 1 aromatic heterocycles. The first kappa shape index (κ1) is 15.5. The Morgan fingerprint density at radius 1 is 0.880 bits per heavy atom. The number of fused-ring (bicyclic) bond motifs is 1. The Kier molecular flexibility index (Phi) is 4.26. The zero-order valence-corrected chi connectivity index (χ0v) is 14.1. The summed E-state index contributed by atoms with van der Waals surface area (Å²) in [7, 11) is 0. The minimum atomic E-state index is -0.0949. The van der Waals surface area contributed by atoms with Crippen molar-refractivity contribution in [1.82, 2.24) is 0 Å². The van der Waals surface area contributed by atoms with Crippen LogP contribution in [0.1, 0.15) is 9.67 Å². The fourth-order valence-corrected chi connectivity index (χ4v) is 3.14. The minimum absolute atomic E-state index is 0.0949. The van der Waals surface area contributed by atoms with Gasteiger partial charge in [0.2, 0.25) is 0 Å². The molecule has 0 aliphatic carbocycles. The SMILES string of the molecule is O=C(Nc1ccc(Nc2ccc3c(c2)OCCO3)cc1)c1cccs1. The molecule has 0 radical (unpaired) electrons. The summed E-state index contributed by atoms with van der Waals surface area (Å²) in [5.41, 5.74) is 2.59. The second kappa shape index (κ2) is 6.86. The van der Waals surface area contributed by atoms with E-state index >= 15 is 0 Å². The van der Waals surface area contributed by atoms with Crippen molar-refractivity contribution in [3.8, 4) is 11.5 Å². The molecule has 1 amide bonds. The van der Waals surface area contributed by atoms with Crippen molar-refractivity contribution in [1.29, 1.82) is 0 Å². The molecular formula is C19H16N2O3S. The van der Waals surface area contributed by atoms with Gasteiger partial charge in [-0.25, -0.2) is 0 Å². The van der Waals surface area contributed by atoms with Gasteiger partial charge < -0.3 is 20.1 Å². The number of rotatable bonds is 4. The van der Waals surface area contributed by atoms with Crippen molar-refractivity contribution in [2.24, 2.45) is 0 Å². The van der Waals surface area contributed by atoms with E-state index in [9.17, 15) is 4.79 Å². The van der Waals surface area contributed by atoms with Gasteiger partial charge in [-0.05, 0) is 47.8 Å². The highest BCUT2D eigenvalue weighted by molar-refractivity contribution is 7.12. The van der Waals surface area contributed by atoms with Crippen LogP contribution in [0.3, 0.4) is 0 Å². The number of amides is 1. The van der Waals surface area contributed by atoms with Crippen LogP contribution in [0, 0.1) is 0 Å². The van der Waals surface area contributed by atoms with Gasteiger partial charge >= 0.3 is 0 Å². The highest BCUT2D eigenvalue weighted by Gasteiger charge is 2.12. The molecule has 0 saturated heterocycles. The Balaban J connectivity index is 1.43. The fourth-order valence-electron chi connectivity index (χ4n) is 2.53. The normalized spacial score (nSPS) is 12.5. The lowest BCUT2D eigenvalue weighted by molar-refractivity contribution is 0.103. The molecule has 0 atom stereocenters. The number of benzene rings is 2. The van der Waals surface area contributed by atoms with Gasteiger partial charge in [-0.3, -0.25) is 4.79 Å². The van der Waals surface area contributed by atoms with Gasteiger partial charge in [-0.2, -0.15) is 0 Å². The molecule has 2 N–H and O–H groups in total. The topological polar surface area (TPSA) is 59.6 Å². The smallest absolute Gasteiger partial charge is 0.265 e. The summed E-state index contributed by atoms with van der Waals surface area (Å²) < 4.78 is 11.1. The quantitative estimate of drug-likeness (QED) is 0.725. The standard InChI is InChI=1S/C19H16N2O3S/c22-19(18-2-1-11-25-18)21-14-5-3-13(4-6-14)20-15-7-8-16-17(12-15)24-10-9-23-16/h1-8,11-12,20H,9-10H2,(H,21,22). The van der Waals surface area contributed by atoms with Crippen molar-refractivity contribution < 1.29 is 14.3 Å². The van der Waals surface area contributed by atoms with Crippen LogP contribution in [0.4, 0.5) is 17.1 Å². The summed E-state index contributed by atoms with van der Waals surface area (Å²) in [4.78, 5) is 12.7. The maximum Gasteiger partial charge on any atom is 0.265 e. The molecule has 3 aromatic rings. The van der Waals surface area contributed by atoms with Crippen LogP contribution in [0.15, 0.2) is 60.0 Å². The van der Waals surface area contributed by atoms with E-state index < -0.39 is 0 Å². The molecule has 0 unspecified atom stereocenters. The third-order valence-electron chi connectivity index (χ3n) is 3.72. The molecule has 5 nitrogen and oxygen atoms in total. The van der Waals surface area contributed by atoms with Crippen LogP contribution < -0.4 is 20.1 Å². The molecule has 0 saturated carbocycles. The van der Waals surface area contributed by atoms with Crippen LogP contribution in [-0.4, -0.2) is 19.1 Å². The lowest BCUT2D eigenvalue weighted by Gasteiger charge is -2.19. The Labute approximate surface area is 149 Å². The van der Waals surface area contributed by atoms with E-state index in [-0.39, 0.29) is 5.91 Å². The van der Waals surface area contributed by atoms with Crippen molar-refractivity contribution in [3.05, 3.63) is 64.9 Å². The lowest BCUT2D eigenvalue weighted by Crippen LogP contribution is -2.15. The molecule has 4 rings (SSSR count). The number of hydrogen-bond donors (Lipinski definition) is 2. The molecule has 0 spiro atoms. The third-order valence-corrected chi connectivity index (χ3v) is 4.59. The predicted octanol–water partition coefficient (Wildman–Crippen LogP) is 4.52. The Bertz CT molecular complexity index is 876. The molecule has 0 bridgehead atoms. The summed E-state index contributed by atoms with van der Waals surface area (Å²) in [6.45, 7) is 1.15. The van der Waals surface area contributed by atoms with E-state index in [0.717, 1.165) is 28.6 Å². The molecule has 0 fully saturated rings. The van der Waals surface area contributed by atoms with Crippen LogP contribution >= 0.6 is 11.3 Å². The van der Waals surface area contributed by atoms with Crippen molar-refractivity contribution >= 4 is 34.3 Å². The number of ether oxygens (including phenoxy) is 2. The second-order valence-electron chi connectivity index (χ2n) is 5.49. The average Bonchev–Trinajstić information content (AvgIpc) is 3.18. The van der Waals surface area contributed by atoms with Crippen molar-refractivity contribution in [2.75, 3.05) is 23.8 Å². The van der Waals surface area contributed by atoms with E-state index in [1.54, 1.807) is 6.07 Å². The van der Waals surface area contributed by atoms with Crippen molar-refractivity contribution in [2.45, 2.75) is 0 Å². The summed E-state index contributed by atoms with van der Waals surface area (Å²) in [5, 5.41) is 8.08. The monoisotopic (exact) mass is 352 g/mol. The zero-order chi connectivity index (χ0) is 17.1. The van der Waals surface area contributed by atoms with Gasteiger partial charge in [-0.1, -0.05) is 6.07 Å². The first-order valence-corrected chi connectivity index (χ1v) is 8.77. The van der Waals surface area contributed by atoms with Gasteiger partial charge in [0.05, 0.1) is 4.88 Å². The molecule has 6 heteroatoms. The van der Waals surface area contributed by atoms with Gasteiger partial charge in [0.25, 0.3) is 5.91 Å². The zero-order valence-electron chi connectivity index (χ0n) is 13.3. The summed E-state index contributed by atoms with van der Waals surface area (Å²) in [6, 6.07) is 17.0. The van der Waals surface area contributed by atoms with Gasteiger partial charge in [0.1, 0.15) is 13.2 Å². The van der Waals surface area contributed by atoms with E-state index in [4.69, 9.17) is 9.47 Å². The molecule has 25 heavy (non-hydrogen) atoms. The minimum Gasteiger partial charge on any atom is -0.486 e. The molecular weight excluding hydrogens is 336 g/mol. The number of nitrogens with one attached hydrogen (secondary N) is 2. The summed E-state index contributed by atoms with van der Waals surface area (Å²) >= 11 is 1.42. The van der Waals surface area contributed by atoms with Gasteiger partial charge in [-0.15, -0.1) is 11.3 Å². The Hall–Kier alpha value is -2.99. The van der Waals surface area contributed by atoms with Crippen LogP contribution in [0.5, 0.6) is 11.5 Å². The van der Waals surface area contributed by atoms with E-state index in [2.05, 4.69) is 10.6 Å². The van der Waals surface area contributed by atoms with Crippen LogP contribution in [0.2, 0.25) is 0 Å². The van der Waals surface area contributed by atoms with Crippen LogP contribution in [0.25, 0.3) is 0 Å². The van der Waals surface area contributed by atoms with Gasteiger partial charge in [0, 0.05) is 23.1 Å². The van der Waals surface area contributed by atoms with Crippen molar-refractivity contribution in [3.63, 3.8) is 0 Å². The number of carbonyl (C=O) groups excluding carboxylic acids is 1. The molecule has 2 aromatic carbocycles. The predicted molar refractivity (Wildman–Crippen MR) is 99.4 cm³/mol. The molecule has 1 aliphatic rings. The second-order valence-corrected chi connectivity index (χ2v) is 6.44. The average molecular weight is 352 g/mol. The Morgan fingerprint density at radius 2 is 1.60 bits per heavy atom. The summed E-state index contributed by atoms with van der Waals surface area (Å²) in [5.74, 6) is 1.42. The van der Waals surface area contributed by atoms with E-state index in [1.807, 2.05) is 53.9 Å². The highest BCUT2D eigenvalue weighted by Crippen LogP contribution is 2.33. The first-order chi connectivity index (χ1) is 12.3. The Morgan fingerprint density at radius 3 is 2.36 bits per heavy atom. The molecule has 2 heterocycles. The number of anilines is 3. The summed E-state index contributed by atoms with van der Waals surface area (Å²) in [6.07, 6.45) is 0. The number of carbonyl (C=O) groups is 1. The fraction of sp³-hybridized carbons (Fsp3) is 0.105. The number of hydrogen-bond acceptors (Lipinski definition) is 5. The first-order valence-electron chi connectivity index (χ1n) is 7.89. The third kappa shape index (κ3) is 3.59. The molecule has 126 valence electrons. The maximum absolute atomic E-state index is 12.0. The highest BCUT2D eigenvalue weighted by atomic mass is 32.1. The number of thiophene rings is 1. The largest absolute Gasteiger partial charge is 0.486 e. The lowest BCUT2D eigenvalue weighted by atomic mass is 10.2. The van der Waals surface area contributed by atoms with E-state index in [0.29, 0.717) is 18.1 Å². The maximum atomic E-state index is 12.0. The molecule has 1 aliphatic heterocycles. The van der Waals surface area contributed by atoms with E-state index in [1.165, 1.54) is 11.3 Å². The van der Waals surface area contributed by atoms with Gasteiger partial charge in [0.15, 0.2) is 11.5 Å². The van der Waals surface area contributed by atoms with Crippen LogP contribution in [-0.2, 0) is 0 Å².